The summed E-state index contributed by atoms with van der Waals surface area (Å²) in [6, 6.07) is 0. The third kappa shape index (κ3) is 1.70. The second-order valence-electron chi connectivity index (χ2n) is 5.66. The second kappa shape index (κ2) is 4.52. The fourth-order valence-corrected chi connectivity index (χ4v) is 3.04. The number of nitrogens with two attached hydrogens (primary N) is 1. The van der Waals surface area contributed by atoms with E-state index < -0.39 is 11.4 Å². The Labute approximate surface area is 118 Å². The minimum atomic E-state index is -0.516. The van der Waals surface area contributed by atoms with Crippen LogP contribution < -0.4 is 5.73 Å². The van der Waals surface area contributed by atoms with Crippen LogP contribution in [0.4, 0.5) is 0 Å². The summed E-state index contributed by atoms with van der Waals surface area (Å²) in [5.41, 5.74) is 7.10. The molecule has 0 bridgehead atoms. The molecule has 1 unspecified atom stereocenters. The Hall–Kier alpha value is -2.01. The molecule has 5 nitrogen and oxygen atoms in total. The first-order valence-electron chi connectivity index (χ1n) is 6.80. The molecular weight excluding hydrogens is 252 g/mol. The third-order valence-corrected chi connectivity index (χ3v) is 3.80. The summed E-state index contributed by atoms with van der Waals surface area (Å²) in [6.07, 6.45) is 9.34. The van der Waals surface area contributed by atoms with Gasteiger partial charge in [-0.15, -0.1) is 0 Å². The lowest BCUT2D eigenvalue weighted by Gasteiger charge is -2.40. The molecule has 5 heteroatoms. The van der Waals surface area contributed by atoms with E-state index in [9.17, 15) is 4.79 Å². The average molecular weight is 270 g/mol. The molecule has 2 aliphatic heterocycles. The Morgan fingerprint density at radius 2 is 2.30 bits per heavy atom. The van der Waals surface area contributed by atoms with Crippen LogP contribution in [0.25, 0.3) is 0 Å². The highest BCUT2D eigenvalue weighted by Crippen LogP contribution is 2.40. The predicted molar refractivity (Wildman–Crippen MR) is 79.6 cm³/mol. The minimum Gasteiger partial charge on any atom is -0.366 e. The van der Waals surface area contributed by atoms with Crippen LogP contribution in [0, 0.1) is 5.92 Å². The molecule has 1 amide bonds. The van der Waals surface area contributed by atoms with E-state index in [1.807, 2.05) is 12.2 Å². The zero-order chi connectivity index (χ0) is 14.3. The van der Waals surface area contributed by atoms with Crippen LogP contribution in [0.3, 0.4) is 0 Å². The standard InChI is InChI=1S/C15H18N4O/c1-10(2)8-19-9-18-13-11(14(16)20)4-5-12-15(13,19)6-3-7-17-12/h3-7,10H,8-9H2,1-2H3,(H2,16,20). The van der Waals surface area contributed by atoms with Crippen molar-refractivity contribution >= 4 is 17.8 Å². The lowest BCUT2D eigenvalue weighted by Crippen LogP contribution is -2.54. The zero-order valence-corrected chi connectivity index (χ0v) is 11.7. The summed E-state index contributed by atoms with van der Waals surface area (Å²) < 4.78 is 0. The number of hydrogen-bond donors (Lipinski definition) is 1. The highest BCUT2D eigenvalue weighted by molar-refractivity contribution is 6.28. The molecule has 0 fully saturated rings. The molecule has 3 aliphatic rings. The summed E-state index contributed by atoms with van der Waals surface area (Å²) in [5, 5.41) is 0. The predicted octanol–water partition coefficient (Wildman–Crippen LogP) is 1.05. The van der Waals surface area contributed by atoms with Gasteiger partial charge in [0.15, 0.2) is 0 Å². The number of dihydropyridines is 1. The Bertz CT molecular complexity index is 609. The van der Waals surface area contributed by atoms with Gasteiger partial charge in [0.2, 0.25) is 0 Å². The number of allylic oxidation sites excluding steroid dienone is 3. The SMILES string of the molecule is CC(C)CN1CN=C2C(C(N)=O)=CC=C3N=CC=CC321. The number of primary amides is 1. The number of nitrogens with zero attached hydrogens (tertiary/aromatic N) is 3. The van der Waals surface area contributed by atoms with E-state index >= 15 is 0 Å². The quantitative estimate of drug-likeness (QED) is 0.832. The lowest BCUT2D eigenvalue weighted by molar-refractivity contribution is -0.114. The van der Waals surface area contributed by atoms with Gasteiger partial charge in [-0.05, 0) is 24.1 Å². The van der Waals surface area contributed by atoms with Crippen LogP contribution in [0.15, 0.2) is 45.6 Å². The molecule has 1 atom stereocenters. The van der Waals surface area contributed by atoms with Gasteiger partial charge in [-0.2, -0.15) is 0 Å². The fraction of sp³-hybridized carbons (Fsp3) is 0.400. The molecule has 1 spiro atoms. The van der Waals surface area contributed by atoms with E-state index in [0.29, 0.717) is 18.2 Å². The molecule has 0 saturated carbocycles. The largest absolute Gasteiger partial charge is 0.366 e. The first kappa shape index (κ1) is 13.0. The highest BCUT2D eigenvalue weighted by atomic mass is 16.1. The molecule has 104 valence electrons. The van der Waals surface area contributed by atoms with E-state index in [4.69, 9.17) is 5.73 Å². The van der Waals surface area contributed by atoms with Gasteiger partial charge in [0.25, 0.3) is 5.91 Å². The monoisotopic (exact) mass is 270 g/mol. The molecule has 0 saturated heterocycles. The van der Waals surface area contributed by atoms with Crippen molar-refractivity contribution in [1.82, 2.24) is 4.90 Å². The van der Waals surface area contributed by atoms with Crippen molar-refractivity contribution in [1.29, 1.82) is 0 Å². The first-order chi connectivity index (χ1) is 9.55. The number of rotatable bonds is 3. The van der Waals surface area contributed by atoms with Crippen molar-refractivity contribution < 1.29 is 4.79 Å². The van der Waals surface area contributed by atoms with Gasteiger partial charge in [-0.3, -0.25) is 19.7 Å². The topological polar surface area (TPSA) is 71.0 Å². The van der Waals surface area contributed by atoms with Crippen LogP contribution in [-0.2, 0) is 4.79 Å². The summed E-state index contributed by atoms with van der Waals surface area (Å²) >= 11 is 0. The molecule has 2 N–H and O–H groups in total. The Morgan fingerprint density at radius 1 is 1.50 bits per heavy atom. The minimum absolute atomic E-state index is 0.437. The second-order valence-corrected chi connectivity index (χ2v) is 5.66. The smallest absolute Gasteiger partial charge is 0.250 e. The Kier molecular flexibility index (Phi) is 2.94. The van der Waals surface area contributed by atoms with Crippen molar-refractivity contribution in [2.75, 3.05) is 13.2 Å². The first-order valence-corrected chi connectivity index (χ1v) is 6.80. The van der Waals surface area contributed by atoms with E-state index in [2.05, 4.69) is 34.8 Å². The number of hydrogen-bond acceptors (Lipinski definition) is 4. The van der Waals surface area contributed by atoms with Crippen molar-refractivity contribution in [2.24, 2.45) is 21.6 Å². The Balaban J connectivity index is 2.11. The summed E-state index contributed by atoms with van der Waals surface area (Å²) in [6.45, 7) is 5.79. The van der Waals surface area contributed by atoms with Gasteiger partial charge >= 0.3 is 0 Å². The molecular formula is C15H18N4O. The number of carbonyl (C=O) groups excluding carboxylic acids is 1. The highest BCUT2D eigenvalue weighted by Gasteiger charge is 2.50. The fourth-order valence-electron chi connectivity index (χ4n) is 3.04. The van der Waals surface area contributed by atoms with E-state index in [-0.39, 0.29) is 0 Å². The maximum atomic E-state index is 11.7. The van der Waals surface area contributed by atoms with Crippen LogP contribution in [-0.4, -0.2) is 41.5 Å². The maximum Gasteiger partial charge on any atom is 0.250 e. The van der Waals surface area contributed by atoms with Crippen molar-refractivity contribution in [3.05, 3.63) is 35.6 Å². The van der Waals surface area contributed by atoms with Gasteiger partial charge < -0.3 is 5.73 Å². The van der Waals surface area contributed by atoms with Gasteiger partial charge in [0.05, 0.1) is 23.7 Å². The van der Waals surface area contributed by atoms with Crippen LogP contribution in [0.5, 0.6) is 0 Å². The van der Waals surface area contributed by atoms with Crippen LogP contribution in [0.2, 0.25) is 0 Å². The summed E-state index contributed by atoms with van der Waals surface area (Å²) in [5.74, 6) is 0.0650. The summed E-state index contributed by atoms with van der Waals surface area (Å²) in [7, 11) is 0. The van der Waals surface area contributed by atoms with E-state index in [1.54, 1.807) is 12.3 Å². The van der Waals surface area contributed by atoms with Gasteiger partial charge in [0, 0.05) is 12.8 Å². The molecule has 2 heterocycles. The molecule has 0 aromatic rings. The number of carbonyl (C=O) groups is 1. The molecule has 3 rings (SSSR count). The zero-order valence-electron chi connectivity index (χ0n) is 11.7. The van der Waals surface area contributed by atoms with E-state index in [1.165, 1.54) is 0 Å². The molecule has 1 aliphatic carbocycles. The van der Waals surface area contributed by atoms with Gasteiger partial charge in [-0.1, -0.05) is 19.9 Å². The molecule has 20 heavy (non-hydrogen) atoms. The van der Waals surface area contributed by atoms with Gasteiger partial charge in [0.1, 0.15) is 5.54 Å². The van der Waals surface area contributed by atoms with Crippen LogP contribution >= 0.6 is 0 Å². The van der Waals surface area contributed by atoms with Gasteiger partial charge in [-0.25, -0.2) is 0 Å². The Morgan fingerprint density at radius 3 is 3.00 bits per heavy atom. The summed E-state index contributed by atoms with van der Waals surface area (Å²) in [4.78, 5) is 23.0. The van der Waals surface area contributed by atoms with Crippen molar-refractivity contribution in [3.63, 3.8) is 0 Å². The van der Waals surface area contributed by atoms with Crippen molar-refractivity contribution in [2.45, 2.75) is 19.4 Å². The molecule has 0 aromatic carbocycles. The normalized spacial score (nSPS) is 27.9. The average Bonchev–Trinajstić information content (AvgIpc) is 2.75. The van der Waals surface area contributed by atoms with E-state index in [0.717, 1.165) is 18.0 Å². The van der Waals surface area contributed by atoms with Crippen LogP contribution in [0.1, 0.15) is 13.8 Å². The molecule has 0 aromatic heterocycles. The number of amides is 1. The third-order valence-electron chi connectivity index (χ3n) is 3.80. The lowest BCUT2D eigenvalue weighted by atomic mass is 9.79. The molecule has 0 radical (unpaired) electrons. The maximum absolute atomic E-state index is 11.7. The number of aliphatic imine (C=N–C) groups is 2. The van der Waals surface area contributed by atoms with Crippen molar-refractivity contribution in [3.8, 4) is 0 Å².